The van der Waals surface area contributed by atoms with Crippen molar-refractivity contribution in [1.82, 2.24) is 0 Å². The number of carbonyl (C=O) groups is 1. The Balaban J connectivity index is 2.13. The summed E-state index contributed by atoms with van der Waals surface area (Å²) in [6.07, 6.45) is 0. The molecule has 3 aromatic carbocycles. The third-order valence-electron chi connectivity index (χ3n) is 6.71. The van der Waals surface area contributed by atoms with Crippen LogP contribution in [0.2, 0.25) is 0 Å². The van der Waals surface area contributed by atoms with Gasteiger partial charge in [-0.05, 0) is 58.0 Å². The Morgan fingerprint density at radius 2 is 1.29 bits per heavy atom. The lowest BCUT2D eigenvalue weighted by molar-refractivity contribution is 0.0699. The van der Waals surface area contributed by atoms with Crippen LogP contribution in [0.5, 0.6) is 0 Å². The van der Waals surface area contributed by atoms with Crippen LogP contribution in [0.1, 0.15) is 38.1 Å². The molecule has 182 valence electrons. The molecule has 0 unspecified atom stereocenters. The highest BCUT2D eigenvalue weighted by molar-refractivity contribution is 6.14. The quantitative estimate of drug-likeness (QED) is 0.161. The Morgan fingerprint density at radius 3 is 1.71 bits per heavy atom. The molecule has 5 N–H and O–H groups in total. The molecule has 1 heterocycles. The van der Waals surface area contributed by atoms with Crippen molar-refractivity contribution in [2.45, 2.75) is 27.7 Å². The summed E-state index contributed by atoms with van der Waals surface area (Å²) in [7, 11) is 0. The number of fused-ring (bicyclic) bond motifs is 2. The number of rotatable bonds is 8. The van der Waals surface area contributed by atoms with Gasteiger partial charge in [0, 0.05) is 48.7 Å². The van der Waals surface area contributed by atoms with Crippen molar-refractivity contribution < 1.29 is 14.3 Å². The van der Waals surface area contributed by atoms with Crippen LogP contribution in [-0.2, 0) is 0 Å². The lowest BCUT2D eigenvalue weighted by Crippen LogP contribution is -2.21. The van der Waals surface area contributed by atoms with Crippen LogP contribution in [0.25, 0.3) is 33.1 Å². The van der Waals surface area contributed by atoms with Crippen LogP contribution in [0.3, 0.4) is 0 Å². The van der Waals surface area contributed by atoms with Crippen molar-refractivity contribution >= 4 is 50.7 Å². The number of benzene rings is 3. The molecule has 0 aliphatic heterocycles. The van der Waals surface area contributed by atoms with Crippen LogP contribution >= 0.6 is 0 Å². The maximum Gasteiger partial charge on any atom is 0.363 e. The number of nitrogens with zero attached hydrogens (tertiary/aromatic N) is 2. The molecule has 4 rings (SSSR count). The van der Waals surface area contributed by atoms with Crippen LogP contribution in [0.15, 0.2) is 52.9 Å². The zero-order chi connectivity index (χ0) is 25.3. The molecule has 0 fully saturated rings. The summed E-state index contributed by atoms with van der Waals surface area (Å²) in [5.41, 5.74) is 17.2. The first kappa shape index (κ1) is 24.1. The van der Waals surface area contributed by atoms with Crippen molar-refractivity contribution in [3.8, 4) is 11.1 Å². The van der Waals surface area contributed by atoms with E-state index in [0.29, 0.717) is 16.7 Å². The Bertz CT molecular complexity index is 1340. The second-order valence-electron chi connectivity index (χ2n) is 8.48. The maximum atomic E-state index is 12.3. The van der Waals surface area contributed by atoms with Gasteiger partial charge in [-0.25, -0.2) is 9.21 Å². The standard InChI is InChI=1S/C28H32N4O3/c1-5-31(6-2)17-9-11-19-23(15-17)35-24-16-18(32(7-3)8-4)10-12-20(24)25(19)21-13-14-22(29)27(30)26(21)28(33)34/h9-16H,5-8,29-30H2,1-4H3/p+1. The second-order valence-corrected chi connectivity index (χ2v) is 8.48. The first-order chi connectivity index (χ1) is 16.8. The molecule has 1 aromatic heterocycles. The van der Waals surface area contributed by atoms with E-state index in [-0.39, 0.29) is 16.9 Å². The van der Waals surface area contributed by atoms with Gasteiger partial charge in [-0.15, -0.1) is 0 Å². The molecular weight excluding hydrogens is 440 g/mol. The molecule has 7 heteroatoms. The summed E-state index contributed by atoms with van der Waals surface area (Å²) in [5.74, 6) is -1.12. The fourth-order valence-electron chi connectivity index (χ4n) is 4.80. The fourth-order valence-corrected chi connectivity index (χ4v) is 4.80. The van der Waals surface area contributed by atoms with E-state index < -0.39 is 5.97 Å². The highest BCUT2D eigenvalue weighted by Crippen LogP contribution is 2.42. The van der Waals surface area contributed by atoms with Gasteiger partial charge in [-0.1, -0.05) is 6.07 Å². The van der Waals surface area contributed by atoms with Crippen LogP contribution in [0, 0.1) is 0 Å². The Kier molecular flexibility index (Phi) is 6.69. The van der Waals surface area contributed by atoms with Gasteiger partial charge in [0.15, 0.2) is 0 Å². The monoisotopic (exact) mass is 473 g/mol. The summed E-state index contributed by atoms with van der Waals surface area (Å²) in [5, 5.41) is 11.7. The number of anilines is 4. The fraction of sp³-hybridized carbons (Fsp3) is 0.286. The molecule has 0 saturated heterocycles. The summed E-state index contributed by atoms with van der Waals surface area (Å²) < 4.78 is 6.47. The van der Waals surface area contributed by atoms with Gasteiger partial charge in [0.2, 0.25) is 0 Å². The van der Waals surface area contributed by atoms with Crippen molar-refractivity contribution in [1.29, 1.82) is 0 Å². The number of nitrogens with two attached hydrogens (primary N) is 2. The zero-order valence-electron chi connectivity index (χ0n) is 20.8. The summed E-state index contributed by atoms with van der Waals surface area (Å²) in [6, 6.07) is 15.5. The maximum absolute atomic E-state index is 12.3. The Labute approximate surface area is 205 Å². The Morgan fingerprint density at radius 1 is 0.800 bits per heavy atom. The van der Waals surface area contributed by atoms with Gasteiger partial charge in [0.25, 0.3) is 0 Å². The second kappa shape index (κ2) is 9.70. The number of carboxylic acids is 1. The van der Waals surface area contributed by atoms with E-state index >= 15 is 0 Å². The number of hydrogen-bond donors (Lipinski definition) is 3. The van der Waals surface area contributed by atoms with Crippen molar-refractivity contribution in [2.24, 2.45) is 0 Å². The highest BCUT2D eigenvalue weighted by atomic mass is 16.4. The molecule has 35 heavy (non-hydrogen) atoms. The van der Waals surface area contributed by atoms with E-state index in [2.05, 4.69) is 37.5 Å². The molecule has 0 saturated carbocycles. The highest BCUT2D eigenvalue weighted by Gasteiger charge is 2.27. The smallest absolute Gasteiger partial charge is 0.363 e. The predicted octanol–water partition coefficient (Wildman–Crippen LogP) is 6.09. The molecule has 7 nitrogen and oxygen atoms in total. The van der Waals surface area contributed by atoms with Gasteiger partial charge < -0.3 is 26.4 Å². The lowest BCUT2D eigenvalue weighted by atomic mass is 9.91. The van der Waals surface area contributed by atoms with Crippen molar-refractivity contribution in [2.75, 3.05) is 47.4 Å². The summed E-state index contributed by atoms with van der Waals surface area (Å²) in [6.45, 7) is 11.9. The molecule has 0 aliphatic carbocycles. The van der Waals surface area contributed by atoms with E-state index in [4.69, 9.17) is 15.9 Å². The first-order valence-corrected chi connectivity index (χ1v) is 12.1. The Hall–Kier alpha value is -4.00. The number of aromatic carboxylic acids is 1. The molecule has 0 radical (unpaired) electrons. The van der Waals surface area contributed by atoms with E-state index in [1.807, 2.05) is 36.4 Å². The SMILES string of the molecule is CCN(CC)c1ccc2c(-c3ccc(N)c(N)c3C(=O)O)c3ccc(N(CC)CC)cc3[o+]c2c1. The molecule has 0 amide bonds. The van der Waals surface area contributed by atoms with E-state index in [1.165, 1.54) is 0 Å². The van der Waals surface area contributed by atoms with Gasteiger partial charge in [-0.3, -0.25) is 0 Å². The first-order valence-electron chi connectivity index (χ1n) is 12.1. The molecule has 0 aliphatic rings. The molecule has 0 spiro atoms. The van der Waals surface area contributed by atoms with Gasteiger partial charge in [0.05, 0.1) is 39.8 Å². The number of hydrogen-bond acceptors (Lipinski definition) is 5. The molecule has 0 atom stereocenters. The average Bonchev–Trinajstić information content (AvgIpc) is 2.85. The van der Waals surface area contributed by atoms with Crippen molar-refractivity contribution in [3.05, 3.63) is 54.1 Å². The van der Waals surface area contributed by atoms with E-state index in [9.17, 15) is 9.90 Å². The van der Waals surface area contributed by atoms with Crippen molar-refractivity contribution in [3.63, 3.8) is 0 Å². The topological polar surface area (TPSA) is 107 Å². The summed E-state index contributed by atoms with van der Waals surface area (Å²) >= 11 is 0. The van der Waals surface area contributed by atoms with Gasteiger partial charge >= 0.3 is 17.1 Å². The molecular formula is C28H33N4O3+. The lowest BCUT2D eigenvalue weighted by Gasteiger charge is -2.21. The minimum atomic E-state index is -1.12. The van der Waals surface area contributed by atoms with Crippen LogP contribution in [0.4, 0.5) is 22.7 Å². The molecule has 0 bridgehead atoms. The minimum absolute atomic E-state index is 0.000520. The van der Waals surface area contributed by atoms with E-state index in [0.717, 1.165) is 53.9 Å². The summed E-state index contributed by atoms with van der Waals surface area (Å²) in [4.78, 5) is 16.8. The number of nitrogen functional groups attached to an aromatic ring is 2. The third kappa shape index (κ3) is 4.18. The molecule has 4 aromatic rings. The van der Waals surface area contributed by atoms with E-state index in [1.54, 1.807) is 12.1 Å². The van der Waals surface area contributed by atoms with Gasteiger partial charge in [0.1, 0.15) is 0 Å². The van der Waals surface area contributed by atoms with Gasteiger partial charge in [-0.2, -0.15) is 0 Å². The zero-order valence-corrected chi connectivity index (χ0v) is 20.8. The number of carboxylic acid groups (broad SMARTS) is 1. The minimum Gasteiger partial charge on any atom is -0.478 e. The predicted molar refractivity (Wildman–Crippen MR) is 146 cm³/mol. The normalized spacial score (nSPS) is 11.2. The largest absolute Gasteiger partial charge is 0.478 e. The van der Waals surface area contributed by atoms with Crippen LogP contribution in [-0.4, -0.2) is 37.3 Å². The third-order valence-corrected chi connectivity index (χ3v) is 6.71. The van der Waals surface area contributed by atoms with Crippen LogP contribution < -0.4 is 21.3 Å². The average molecular weight is 474 g/mol.